The van der Waals surface area contributed by atoms with E-state index >= 15 is 0 Å². The van der Waals surface area contributed by atoms with Gasteiger partial charge in [0.1, 0.15) is 0 Å². The van der Waals surface area contributed by atoms with E-state index in [0.29, 0.717) is 12.8 Å². The normalized spacial score (nSPS) is 19.0. The Bertz CT molecular complexity index is 487. The molecule has 0 atom stereocenters. The molecule has 2 aliphatic heterocycles. The Morgan fingerprint density at radius 1 is 1.27 bits per heavy atom. The number of nitrogens with zero attached hydrogens (tertiary/aromatic N) is 2. The van der Waals surface area contributed by atoms with Crippen LogP contribution in [0.25, 0.3) is 0 Å². The van der Waals surface area contributed by atoms with E-state index in [-0.39, 0.29) is 6.61 Å². The third kappa shape index (κ3) is 3.54. The zero-order chi connectivity index (χ0) is 15.4. The van der Waals surface area contributed by atoms with Gasteiger partial charge in [0.15, 0.2) is 11.5 Å². The molecule has 0 unspecified atom stereocenters. The topological polar surface area (TPSA) is 45.2 Å². The Kier molecular flexibility index (Phi) is 5.18. The van der Waals surface area contributed by atoms with E-state index in [9.17, 15) is 0 Å². The highest BCUT2D eigenvalue weighted by atomic mass is 16.7. The number of para-hydroxylation sites is 1. The third-order valence-electron chi connectivity index (χ3n) is 4.72. The first-order chi connectivity index (χ1) is 10.8. The number of hydrogen-bond acceptors (Lipinski definition) is 5. The minimum Gasteiger partial charge on any atom is -0.454 e. The van der Waals surface area contributed by atoms with Gasteiger partial charge in [0.2, 0.25) is 6.79 Å². The molecule has 2 aliphatic rings. The van der Waals surface area contributed by atoms with Gasteiger partial charge in [0.25, 0.3) is 0 Å². The molecule has 1 aromatic rings. The number of aliphatic hydroxyl groups excluding tert-OH is 1. The maximum atomic E-state index is 8.94. The number of benzene rings is 1. The average Bonchev–Trinajstić information content (AvgIpc) is 3.03. The average molecular weight is 306 g/mol. The summed E-state index contributed by atoms with van der Waals surface area (Å²) < 4.78 is 11.0. The molecule has 0 spiro atoms. The van der Waals surface area contributed by atoms with Crippen LogP contribution < -0.4 is 9.47 Å². The SMILES string of the molecule is CN(CCCO)C1CCN(Cc2cccc3c2OCO3)CC1. The van der Waals surface area contributed by atoms with Crippen molar-refractivity contribution in [2.75, 3.05) is 40.1 Å². The zero-order valence-electron chi connectivity index (χ0n) is 13.3. The van der Waals surface area contributed by atoms with Crippen molar-refractivity contribution in [2.24, 2.45) is 0 Å². The second-order valence-corrected chi connectivity index (χ2v) is 6.22. The van der Waals surface area contributed by atoms with Gasteiger partial charge in [0, 0.05) is 31.3 Å². The number of ether oxygens (including phenoxy) is 2. The first-order valence-electron chi connectivity index (χ1n) is 8.19. The Labute approximate surface area is 132 Å². The van der Waals surface area contributed by atoms with Gasteiger partial charge in [-0.2, -0.15) is 0 Å². The lowest BCUT2D eigenvalue weighted by atomic mass is 10.0. The quantitative estimate of drug-likeness (QED) is 0.866. The lowest BCUT2D eigenvalue weighted by molar-refractivity contribution is 0.116. The van der Waals surface area contributed by atoms with Gasteiger partial charge in [-0.25, -0.2) is 0 Å². The Morgan fingerprint density at radius 3 is 2.86 bits per heavy atom. The third-order valence-corrected chi connectivity index (χ3v) is 4.72. The molecule has 5 nitrogen and oxygen atoms in total. The molecule has 5 heteroatoms. The number of aliphatic hydroxyl groups is 1. The van der Waals surface area contributed by atoms with Crippen molar-refractivity contribution in [3.63, 3.8) is 0 Å². The summed E-state index contributed by atoms with van der Waals surface area (Å²) in [5.74, 6) is 1.79. The molecule has 0 aliphatic carbocycles. The second-order valence-electron chi connectivity index (χ2n) is 6.22. The molecule has 1 saturated heterocycles. The molecule has 0 amide bonds. The number of piperidine rings is 1. The molecular formula is C17H26N2O3. The highest BCUT2D eigenvalue weighted by Crippen LogP contribution is 2.36. The molecule has 0 bridgehead atoms. The van der Waals surface area contributed by atoms with Gasteiger partial charge < -0.3 is 19.5 Å². The maximum absolute atomic E-state index is 8.94. The predicted molar refractivity (Wildman–Crippen MR) is 85.2 cm³/mol. The Balaban J connectivity index is 1.51. The van der Waals surface area contributed by atoms with Gasteiger partial charge in [-0.1, -0.05) is 12.1 Å². The van der Waals surface area contributed by atoms with E-state index in [1.807, 2.05) is 12.1 Å². The number of hydrogen-bond donors (Lipinski definition) is 1. The van der Waals surface area contributed by atoms with E-state index in [1.165, 1.54) is 18.4 Å². The predicted octanol–water partition coefficient (Wildman–Crippen LogP) is 1.69. The molecule has 0 saturated carbocycles. The van der Waals surface area contributed by atoms with Crippen LogP contribution in [0.5, 0.6) is 11.5 Å². The van der Waals surface area contributed by atoms with Gasteiger partial charge >= 0.3 is 0 Å². The van der Waals surface area contributed by atoms with Gasteiger partial charge in [-0.15, -0.1) is 0 Å². The Morgan fingerprint density at radius 2 is 2.09 bits per heavy atom. The summed E-state index contributed by atoms with van der Waals surface area (Å²) in [5.41, 5.74) is 1.22. The molecule has 2 heterocycles. The van der Waals surface area contributed by atoms with E-state index in [4.69, 9.17) is 14.6 Å². The standard InChI is InChI=1S/C17H26N2O3/c1-18(8-3-11-20)15-6-9-19(10-7-15)12-14-4-2-5-16-17(14)22-13-21-16/h2,4-5,15,20H,3,6-13H2,1H3. The first kappa shape index (κ1) is 15.6. The van der Waals surface area contributed by atoms with Crippen molar-refractivity contribution in [1.29, 1.82) is 0 Å². The van der Waals surface area contributed by atoms with Crippen LogP contribution in [0.4, 0.5) is 0 Å². The summed E-state index contributed by atoms with van der Waals surface area (Å²) in [5, 5.41) is 8.94. The summed E-state index contributed by atoms with van der Waals surface area (Å²) in [6.07, 6.45) is 3.24. The van der Waals surface area contributed by atoms with Gasteiger partial charge in [0.05, 0.1) is 0 Å². The molecule has 1 N–H and O–H groups in total. The summed E-state index contributed by atoms with van der Waals surface area (Å²) in [4.78, 5) is 4.89. The van der Waals surface area contributed by atoms with Crippen LogP contribution in [0.3, 0.4) is 0 Å². The van der Waals surface area contributed by atoms with E-state index in [0.717, 1.165) is 44.1 Å². The van der Waals surface area contributed by atoms with Crippen LogP contribution in [0.15, 0.2) is 18.2 Å². The van der Waals surface area contributed by atoms with E-state index < -0.39 is 0 Å². The van der Waals surface area contributed by atoms with Crippen LogP contribution >= 0.6 is 0 Å². The van der Waals surface area contributed by atoms with Crippen LogP contribution in [0.1, 0.15) is 24.8 Å². The van der Waals surface area contributed by atoms with Crippen molar-refractivity contribution in [3.05, 3.63) is 23.8 Å². The summed E-state index contributed by atoms with van der Waals surface area (Å²) in [7, 11) is 2.17. The van der Waals surface area contributed by atoms with Gasteiger partial charge in [-0.3, -0.25) is 4.90 Å². The van der Waals surface area contributed by atoms with E-state index in [2.05, 4.69) is 22.9 Å². The number of fused-ring (bicyclic) bond motifs is 1. The summed E-state index contributed by atoms with van der Waals surface area (Å²) in [6, 6.07) is 6.78. The molecule has 1 aromatic carbocycles. The fourth-order valence-corrected chi connectivity index (χ4v) is 3.38. The minimum absolute atomic E-state index is 0.282. The molecule has 0 aromatic heterocycles. The van der Waals surface area contributed by atoms with Crippen molar-refractivity contribution in [3.8, 4) is 11.5 Å². The minimum atomic E-state index is 0.282. The summed E-state index contributed by atoms with van der Waals surface area (Å²) >= 11 is 0. The monoisotopic (exact) mass is 306 g/mol. The molecule has 3 rings (SSSR count). The molecular weight excluding hydrogens is 280 g/mol. The van der Waals surface area contributed by atoms with Crippen LogP contribution in [0.2, 0.25) is 0 Å². The first-order valence-corrected chi connectivity index (χ1v) is 8.19. The molecule has 0 radical (unpaired) electrons. The van der Waals surface area contributed by atoms with Crippen molar-refractivity contribution in [1.82, 2.24) is 9.80 Å². The van der Waals surface area contributed by atoms with Crippen LogP contribution in [-0.4, -0.2) is 61.0 Å². The van der Waals surface area contributed by atoms with Crippen LogP contribution in [0, 0.1) is 0 Å². The smallest absolute Gasteiger partial charge is 0.231 e. The van der Waals surface area contributed by atoms with Crippen molar-refractivity contribution >= 4 is 0 Å². The fraction of sp³-hybridized carbons (Fsp3) is 0.647. The lowest BCUT2D eigenvalue weighted by Gasteiger charge is -2.36. The van der Waals surface area contributed by atoms with Crippen LogP contribution in [-0.2, 0) is 6.54 Å². The highest BCUT2D eigenvalue weighted by Gasteiger charge is 2.24. The lowest BCUT2D eigenvalue weighted by Crippen LogP contribution is -2.43. The highest BCUT2D eigenvalue weighted by molar-refractivity contribution is 5.48. The van der Waals surface area contributed by atoms with Crippen molar-refractivity contribution in [2.45, 2.75) is 31.8 Å². The fourth-order valence-electron chi connectivity index (χ4n) is 3.38. The maximum Gasteiger partial charge on any atom is 0.231 e. The zero-order valence-corrected chi connectivity index (χ0v) is 13.3. The second kappa shape index (κ2) is 7.31. The molecule has 1 fully saturated rings. The largest absolute Gasteiger partial charge is 0.454 e. The van der Waals surface area contributed by atoms with Crippen molar-refractivity contribution < 1.29 is 14.6 Å². The number of rotatable bonds is 6. The molecule has 122 valence electrons. The number of likely N-dealkylation sites (tertiary alicyclic amines) is 1. The molecule has 22 heavy (non-hydrogen) atoms. The van der Waals surface area contributed by atoms with Gasteiger partial charge in [-0.05, 0) is 45.5 Å². The van der Waals surface area contributed by atoms with E-state index in [1.54, 1.807) is 0 Å². The summed E-state index contributed by atoms with van der Waals surface area (Å²) in [6.45, 7) is 4.75. The Hall–Kier alpha value is -1.30.